The van der Waals surface area contributed by atoms with Crippen molar-refractivity contribution in [3.05, 3.63) is 90.8 Å². The van der Waals surface area contributed by atoms with E-state index in [0.29, 0.717) is 0 Å². The van der Waals surface area contributed by atoms with Crippen molar-refractivity contribution in [2.24, 2.45) is 0 Å². The van der Waals surface area contributed by atoms with Gasteiger partial charge >= 0.3 is 10.3 Å². The molecule has 0 aliphatic carbocycles. The summed E-state index contributed by atoms with van der Waals surface area (Å²) in [5, 5.41) is 3.08. The molecule has 0 aliphatic heterocycles. The van der Waals surface area contributed by atoms with Gasteiger partial charge in [-0.2, -0.15) is 0 Å². The van der Waals surface area contributed by atoms with Gasteiger partial charge in [-0.15, -0.1) is 0 Å². The summed E-state index contributed by atoms with van der Waals surface area (Å²) in [5.74, 6) is 0. The van der Waals surface area contributed by atoms with Crippen molar-refractivity contribution >= 4 is 56.1 Å². The molecule has 0 saturated heterocycles. The van der Waals surface area contributed by atoms with Crippen molar-refractivity contribution in [2.45, 2.75) is 65.2 Å². The lowest BCUT2D eigenvalue weighted by Crippen LogP contribution is -3.00. The fourth-order valence-electron chi connectivity index (χ4n) is 3.84. The third-order valence-electron chi connectivity index (χ3n) is 5.58. The highest BCUT2D eigenvalue weighted by atomic mass is 35.5. The number of aromatic nitrogens is 2. The van der Waals surface area contributed by atoms with Gasteiger partial charge in [-0.1, -0.05) is 112 Å². The summed E-state index contributed by atoms with van der Waals surface area (Å²) in [5.41, 5.74) is 16.9. The van der Waals surface area contributed by atoms with Crippen LogP contribution in [-0.2, 0) is 23.7 Å². The van der Waals surface area contributed by atoms with Crippen LogP contribution in [0.5, 0.6) is 0 Å². The molecular formula is C28H36Cl4N4S2. The summed E-state index contributed by atoms with van der Waals surface area (Å²) < 4.78 is 0. The highest BCUT2D eigenvalue weighted by Crippen LogP contribution is 2.30. The van der Waals surface area contributed by atoms with Gasteiger partial charge in [0.2, 0.25) is 0 Å². The molecule has 2 aromatic carbocycles. The Labute approximate surface area is 257 Å². The molecule has 0 spiro atoms. The predicted molar refractivity (Wildman–Crippen MR) is 156 cm³/mol. The van der Waals surface area contributed by atoms with Gasteiger partial charge in [0, 0.05) is 33.7 Å². The number of H-pyrrole nitrogens is 2. The Balaban J connectivity index is 0.000000361. The van der Waals surface area contributed by atoms with E-state index in [1.807, 2.05) is 24.3 Å². The van der Waals surface area contributed by atoms with Crippen LogP contribution in [0.2, 0.25) is 10.0 Å². The lowest BCUT2D eigenvalue weighted by Gasteiger charge is -2.15. The highest BCUT2D eigenvalue weighted by Gasteiger charge is 2.26. The zero-order valence-corrected chi connectivity index (χ0v) is 27.2. The molecule has 4 nitrogen and oxygen atoms in total. The van der Waals surface area contributed by atoms with Crippen LogP contribution in [0.1, 0.15) is 73.8 Å². The maximum Gasteiger partial charge on any atom is 0.329 e. The molecule has 10 heteroatoms. The highest BCUT2D eigenvalue weighted by molar-refractivity contribution is 7.15. The van der Waals surface area contributed by atoms with Gasteiger partial charge in [0.05, 0.1) is 9.75 Å². The number of nitrogens with two attached hydrogens (primary N) is 2. The maximum absolute atomic E-state index is 5.90. The van der Waals surface area contributed by atoms with Crippen molar-refractivity contribution in [1.82, 2.24) is 0 Å². The standard InChI is InChI=1S/2C14H17ClN2S.2ClH/c2*1-14(2,3)12-11(18-13(16)17-12)8-9-4-6-10(15)7-5-9;;/h2*4-7H,8H2,1-3H3,(H2,16,17);2*1H. The van der Waals surface area contributed by atoms with Crippen LogP contribution < -0.4 is 46.2 Å². The predicted octanol–water partition coefficient (Wildman–Crippen LogP) is 1.38. The fraction of sp³-hybridized carbons (Fsp3) is 0.357. The summed E-state index contributed by atoms with van der Waals surface area (Å²) in [4.78, 5) is 9.16. The normalized spacial score (nSPS) is 11.2. The van der Waals surface area contributed by atoms with Crippen LogP contribution >= 0.6 is 45.9 Å². The Hall–Kier alpha value is -1.54. The average molecular weight is 635 g/mol. The second-order valence-electron chi connectivity index (χ2n) is 10.9. The molecule has 0 atom stereocenters. The minimum atomic E-state index is 0. The lowest BCUT2D eigenvalue weighted by atomic mass is 9.90. The Morgan fingerprint density at radius 3 is 1.16 bits per heavy atom. The summed E-state index contributed by atoms with van der Waals surface area (Å²) in [6, 6.07) is 15.9. The van der Waals surface area contributed by atoms with Gasteiger partial charge in [0.25, 0.3) is 0 Å². The molecule has 0 saturated carbocycles. The zero-order valence-electron chi connectivity index (χ0n) is 22.5. The van der Waals surface area contributed by atoms with E-state index < -0.39 is 0 Å². The summed E-state index contributed by atoms with van der Waals surface area (Å²) in [6.45, 7) is 13.1. The van der Waals surface area contributed by atoms with Crippen LogP contribution in [0.15, 0.2) is 48.5 Å². The number of benzene rings is 2. The first-order chi connectivity index (χ1) is 16.7. The minimum Gasteiger partial charge on any atom is -1.00 e. The molecule has 208 valence electrons. The van der Waals surface area contributed by atoms with Crippen molar-refractivity contribution in [2.75, 3.05) is 11.5 Å². The van der Waals surface area contributed by atoms with Gasteiger partial charge in [0.15, 0.2) is 0 Å². The summed E-state index contributed by atoms with van der Waals surface area (Å²) in [7, 11) is 0. The van der Waals surface area contributed by atoms with E-state index in [9.17, 15) is 0 Å². The van der Waals surface area contributed by atoms with E-state index in [0.717, 1.165) is 33.2 Å². The van der Waals surface area contributed by atoms with Crippen LogP contribution in [-0.4, -0.2) is 0 Å². The third-order valence-corrected chi connectivity index (χ3v) is 7.91. The van der Waals surface area contributed by atoms with Crippen LogP contribution in [0.4, 0.5) is 10.3 Å². The molecule has 0 radical (unpaired) electrons. The van der Waals surface area contributed by atoms with Crippen molar-refractivity contribution in [1.29, 1.82) is 0 Å². The molecule has 0 amide bonds. The number of halogens is 4. The maximum atomic E-state index is 5.90. The van der Waals surface area contributed by atoms with Gasteiger partial charge in [-0.05, 0) is 35.4 Å². The minimum absolute atomic E-state index is 0. The number of thiazole rings is 2. The SMILES string of the molecule is CC(C)(C)c1[nH+]c(N)sc1Cc1ccc(Cl)cc1.CC(C)(C)c1[nH+]c(N)sc1Cc1ccc(Cl)cc1.[Cl-].[Cl-]. The van der Waals surface area contributed by atoms with Crippen molar-refractivity contribution in [3.8, 4) is 0 Å². The van der Waals surface area contributed by atoms with Crippen molar-refractivity contribution < 1.29 is 34.8 Å². The molecule has 0 fully saturated rings. The second kappa shape index (κ2) is 14.2. The number of hydrogen-bond donors (Lipinski definition) is 2. The number of anilines is 2. The van der Waals surface area contributed by atoms with E-state index in [1.165, 1.54) is 32.3 Å². The summed E-state index contributed by atoms with van der Waals surface area (Å²) >= 11 is 15.1. The zero-order chi connectivity index (χ0) is 26.7. The van der Waals surface area contributed by atoms with Crippen LogP contribution in [0.3, 0.4) is 0 Å². The molecule has 38 heavy (non-hydrogen) atoms. The Kier molecular flexibility index (Phi) is 12.9. The molecule has 0 aliphatic rings. The van der Waals surface area contributed by atoms with E-state index in [4.69, 9.17) is 34.7 Å². The molecule has 0 bridgehead atoms. The molecule has 2 aromatic heterocycles. The topological polar surface area (TPSA) is 80.3 Å². The molecule has 6 N–H and O–H groups in total. The molecular weight excluding hydrogens is 598 g/mol. The van der Waals surface area contributed by atoms with E-state index in [-0.39, 0.29) is 35.6 Å². The van der Waals surface area contributed by atoms with E-state index in [1.54, 1.807) is 22.7 Å². The fourth-order valence-corrected chi connectivity index (χ4v) is 6.33. The third kappa shape index (κ3) is 9.89. The number of nitrogen functional groups attached to an aromatic ring is 2. The molecule has 4 rings (SSSR count). The number of hydrogen-bond acceptors (Lipinski definition) is 4. The monoisotopic (exact) mass is 632 g/mol. The lowest BCUT2D eigenvalue weighted by molar-refractivity contribution is -0.374. The number of rotatable bonds is 4. The molecule has 2 heterocycles. The second-order valence-corrected chi connectivity index (χ2v) is 14.0. The summed E-state index contributed by atoms with van der Waals surface area (Å²) in [6.07, 6.45) is 1.78. The smallest absolute Gasteiger partial charge is 0.329 e. The van der Waals surface area contributed by atoms with Crippen molar-refractivity contribution in [3.63, 3.8) is 0 Å². The Morgan fingerprint density at radius 2 is 0.895 bits per heavy atom. The van der Waals surface area contributed by atoms with Gasteiger partial charge in [-0.25, -0.2) is 9.97 Å². The van der Waals surface area contributed by atoms with E-state index >= 15 is 0 Å². The van der Waals surface area contributed by atoms with Gasteiger partial charge in [0.1, 0.15) is 11.4 Å². The molecule has 4 aromatic rings. The molecule has 0 unspecified atom stereocenters. The Morgan fingerprint density at radius 1 is 0.605 bits per heavy atom. The first-order valence-electron chi connectivity index (χ1n) is 11.8. The largest absolute Gasteiger partial charge is 1.00 e. The average Bonchev–Trinajstić information content (AvgIpc) is 3.33. The first kappa shape index (κ1) is 34.5. The first-order valence-corrected chi connectivity index (χ1v) is 14.2. The quantitative estimate of drug-likeness (QED) is 0.356. The number of nitrogens with one attached hydrogen (secondary N) is 2. The van der Waals surface area contributed by atoms with Crippen LogP contribution in [0, 0.1) is 0 Å². The van der Waals surface area contributed by atoms with E-state index in [2.05, 4.69) is 75.8 Å². The Bertz CT molecular complexity index is 1180. The number of aromatic amines is 2. The van der Waals surface area contributed by atoms with Gasteiger partial charge in [-0.3, -0.25) is 11.5 Å². The van der Waals surface area contributed by atoms with Gasteiger partial charge < -0.3 is 24.8 Å². The van der Waals surface area contributed by atoms with Crippen LogP contribution in [0.25, 0.3) is 0 Å².